The van der Waals surface area contributed by atoms with Gasteiger partial charge in [0.25, 0.3) is 0 Å². The predicted octanol–water partition coefficient (Wildman–Crippen LogP) is 0.647. The molecule has 2 nitrogen and oxygen atoms in total. The fourth-order valence-corrected chi connectivity index (χ4v) is 1.99. The molecule has 0 radical (unpaired) electrons. The molecule has 0 saturated carbocycles. The lowest BCUT2D eigenvalue weighted by Crippen LogP contribution is -2.22. The summed E-state index contributed by atoms with van der Waals surface area (Å²) in [6.45, 7) is 0. The van der Waals surface area contributed by atoms with E-state index in [2.05, 4.69) is 0 Å². The first-order valence-corrected chi connectivity index (χ1v) is 3.83. The summed E-state index contributed by atoms with van der Waals surface area (Å²) < 4.78 is 0. The van der Waals surface area contributed by atoms with Gasteiger partial charge in [-0.25, -0.2) is 0 Å². The molecule has 1 heterocycles. The number of hydrogen-bond donors (Lipinski definition) is 1. The molecule has 0 spiro atoms. The third-order valence-corrected chi connectivity index (χ3v) is 2.49. The van der Waals surface area contributed by atoms with E-state index in [1.165, 1.54) is 0 Å². The summed E-state index contributed by atoms with van der Waals surface area (Å²) in [5.74, 6) is 2.08. The quantitative estimate of drug-likeness (QED) is 0.623. The Balaban J connectivity index is 0.000000640. The van der Waals surface area contributed by atoms with Crippen molar-refractivity contribution >= 4 is 30.1 Å². The lowest BCUT2D eigenvalue weighted by Gasteiger charge is -1.97. The van der Waals surface area contributed by atoms with Crippen LogP contribution >= 0.6 is 24.2 Å². The first kappa shape index (κ1) is 9.11. The lowest BCUT2D eigenvalue weighted by atomic mass is 10.1. The Kier molecular flexibility index (Phi) is 4.06. The van der Waals surface area contributed by atoms with Gasteiger partial charge in [-0.3, -0.25) is 4.79 Å². The molecule has 1 rings (SSSR count). The summed E-state index contributed by atoms with van der Waals surface area (Å²) in [5, 5.41) is 0. The van der Waals surface area contributed by atoms with E-state index in [-0.39, 0.29) is 24.2 Å². The highest BCUT2D eigenvalue weighted by atomic mass is 35.5. The molecule has 0 bridgehead atoms. The highest BCUT2D eigenvalue weighted by Crippen LogP contribution is 2.22. The van der Waals surface area contributed by atoms with E-state index in [0.717, 1.165) is 17.9 Å². The van der Waals surface area contributed by atoms with Crippen LogP contribution in [-0.2, 0) is 4.79 Å². The molecule has 0 aromatic heterocycles. The molecular formula is C5H10ClNOS. The van der Waals surface area contributed by atoms with Crippen LogP contribution in [0.3, 0.4) is 0 Å². The maximum Gasteiger partial charge on any atom is 0.221 e. The fraction of sp³-hybridized carbons (Fsp3) is 0.800. The van der Waals surface area contributed by atoms with Crippen LogP contribution in [0.25, 0.3) is 0 Å². The Bertz CT molecular complexity index is 103. The maximum absolute atomic E-state index is 10.4. The zero-order valence-electron chi connectivity index (χ0n) is 5.00. The first-order chi connectivity index (χ1) is 3.80. The van der Waals surface area contributed by atoms with Gasteiger partial charge in [0.1, 0.15) is 0 Å². The van der Waals surface area contributed by atoms with Crippen molar-refractivity contribution in [1.82, 2.24) is 0 Å². The van der Waals surface area contributed by atoms with Crippen molar-refractivity contribution < 1.29 is 4.79 Å². The van der Waals surface area contributed by atoms with Crippen LogP contribution in [0.1, 0.15) is 6.42 Å². The van der Waals surface area contributed by atoms with Crippen molar-refractivity contribution in [2.75, 3.05) is 11.5 Å². The van der Waals surface area contributed by atoms with Crippen LogP contribution < -0.4 is 5.73 Å². The number of carbonyl (C=O) groups excluding carboxylic acids is 1. The molecular weight excluding hydrogens is 158 g/mol. The molecule has 1 saturated heterocycles. The molecule has 2 N–H and O–H groups in total. The molecule has 4 heteroatoms. The number of hydrogen-bond acceptors (Lipinski definition) is 2. The summed E-state index contributed by atoms with van der Waals surface area (Å²) in [4.78, 5) is 10.4. The van der Waals surface area contributed by atoms with Crippen LogP contribution in [0.15, 0.2) is 0 Å². The van der Waals surface area contributed by atoms with Gasteiger partial charge >= 0.3 is 0 Å². The SMILES string of the molecule is Cl.NC(=O)C1CCSC1. The van der Waals surface area contributed by atoms with Crippen LogP contribution in [0.4, 0.5) is 0 Å². The van der Waals surface area contributed by atoms with E-state index in [9.17, 15) is 4.79 Å². The largest absolute Gasteiger partial charge is 0.369 e. The van der Waals surface area contributed by atoms with E-state index in [4.69, 9.17) is 5.73 Å². The van der Waals surface area contributed by atoms with Crippen molar-refractivity contribution in [1.29, 1.82) is 0 Å². The molecule has 1 aliphatic rings. The van der Waals surface area contributed by atoms with Crippen molar-refractivity contribution in [2.45, 2.75) is 6.42 Å². The zero-order valence-corrected chi connectivity index (χ0v) is 6.63. The third-order valence-electron chi connectivity index (χ3n) is 1.33. The van der Waals surface area contributed by atoms with Gasteiger partial charge in [-0.2, -0.15) is 11.8 Å². The number of thioether (sulfide) groups is 1. The second kappa shape index (κ2) is 4.01. The van der Waals surface area contributed by atoms with E-state index >= 15 is 0 Å². The Morgan fingerprint density at radius 3 is 2.56 bits per heavy atom. The van der Waals surface area contributed by atoms with Crippen molar-refractivity contribution in [3.05, 3.63) is 0 Å². The zero-order chi connectivity index (χ0) is 5.98. The highest BCUT2D eigenvalue weighted by molar-refractivity contribution is 7.99. The molecule has 1 unspecified atom stereocenters. The highest BCUT2D eigenvalue weighted by Gasteiger charge is 2.19. The summed E-state index contributed by atoms with van der Waals surface area (Å²) in [7, 11) is 0. The summed E-state index contributed by atoms with van der Waals surface area (Å²) >= 11 is 1.81. The van der Waals surface area contributed by atoms with Gasteiger partial charge in [0.15, 0.2) is 0 Å². The van der Waals surface area contributed by atoms with Gasteiger partial charge in [-0.1, -0.05) is 0 Å². The van der Waals surface area contributed by atoms with Gasteiger partial charge in [-0.05, 0) is 12.2 Å². The normalized spacial score (nSPS) is 25.1. The third kappa shape index (κ3) is 2.45. The molecule has 1 fully saturated rings. The summed E-state index contributed by atoms with van der Waals surface area (Å²) in [6, 6.07) is 0. The molecule has 0 aromatic carbocycles. The number of carbonyl (C=O) groups is 1. The molecule has 1 aliphatic heterocycles. The van der Waals surface area contributed by atoms with Crippen LogP contribution in [0.2, 0.25) is 0 Å². The van der Waals surface area contributed by atoms with E-state index in [0.29, 0.717) is 0 Å². The molecule has 1 atom stereocenters. The monoisotopic (exact) mass is 167 g/mol. The van der Waals surface area contributed by atoms with Crippen LogP contribution in [0.5, 0.6) is 0 Å². The average molecular weight is 168 g/mol. The molecule has 9 heavy (non-hydrogen) atoms. The number of nitrogens with two attached hydrogens (primary N) is 1. The summed E-state index contributed by atoms with van der Waals surface area (Å²) in [5.41, 5.74) is 5.05. The standard InChI is InChI=1S/C5H9NOS.ClH/c6-5(7)4-1-2-8-3-4;/h4H,1-3H2,(H2,6,7);1H. The van der Waals surface area contributed by atoms with Gasteiger partial charge < -0.3 is 5.73 Å². The fourth-order valence-electron chi connectivity index (χ4n) is 0.759. The van der Waals surface area contributed by atoms with Crippen molar-refractivity contribution in [3.8, 4) is 0 Å². The van der Waals surface area contributed by atoms with Crippen molar-refractivity contribution in [2.24, 2.45) is 11.7 Å². The summed E-state index contributed by atoms with van der Waals surface area (Å²) in [6.07, 6.45) is 0.986. The number of halogens is 1. The van der Waals surface area contributed by atoms with E-state index < -0.39 is 0 Å². The minimum Gasteiger partial charge on any atom is -0.369 e. The van der Waals surface area contributed by atoms with Crippen molar-refractivity contribution in [3.63, 3.8) is 0 Å². The second-order valence-corrected chi connectivity index (χ2v) is 3.11. The predicted molar refractivity (Wildman–Crippen MR) is 41.9 cm³/mol. The second-order valence-electron chi connectivity index (χ2n) is 1.96. The topological polar surface area (TPSA) is 43.1 Å². The Labute approximate surface area is 65.0 Å². The van der Waals surface area contributed by atoms with Gasteiger partial charge in [0.05, 0.1) is 0 Å². The Morgan fingerprint density at radius 1 is 1.67 bits per heavy atom. The van der Waals surface area contributed by atoms with Gasteiger partial charge in [0, 0.05) is 11.7 Å². The minimum atomic E-state index is -0.130. The first-order valence-electron chi connectivity index (χ1n) is 2.68. The molecule has 0 aromatic rings. The number of amides is 1. The average Bonchev–Trinajstić information content (AvgIpc) is 2.12. The lowest BCUT2D eigenvalue weighted by molar-refractivity contribution is -0.121. The van der Waals surface area contributed by atoms with E-state index in [1.807, 2.05) is 11.8 Å². The molecule has 54 valence electrons. The number of primary amides is 1. The van der Waals surface area contributed by atoms with Crippen LogP contribution in [0, 0.1) is 5.92 Å². The maximum atomic E-state index is 10.4. The Hall–Kier alpha value is 0.110. The molecule has 0 aliphatic carbocycles. The number of rotatable bonds is 1. The molecule has 1 amide bonds. The van der Waals surface area contributed by atoms with E-state index in [1.54, 1.807) is 0 Å². The van der Waals surface area contributed by atoms with Gasteiger partial charge in [-0.15, -0.1) is 12.4 Å². The minimum absolute atomic E-state index is 0. The smallest absolute Gasteiger partial charge is 0.221 e. The van der Waals surface area contributed by atoms with Crippen LogP contribution in [-0.4, -0.2) is 17.4 Å². The Morgan fingerprint density at radius 2 is 2.33 bits per heavy atom. The van der Waals surface area contributed by atoms with Gasteiger partial charge in [0.2, 0.25) is 5.91 Å².